The molecule has 2 rings (SSSR count). The number of cyclic esters (lactones) is 1. The smallest absolute Gasteiger partial charge is 0.407 e. The summed E-state index contributed by atoms with van der Waals surface area (Å²) in [4.78, 5) is 10.8. The number of hydrogen-bond acceptors (Lipinski definition) is 4. The highest BCUT2D eigenvalue weighted by molar-refractivity contribution is 5.69. The summed E-state index contributed by atoms with van der Waals surface area (Å²) in [6.45, 7) is 1.16. The minimum Gasteiger partial charge on any atom is -0.497 e. The maximum absolute atomic E-state index is 10.8. The molecule has 1 aromatic carbocycles. The van der Waals surface area contributed by atoms with Crippen LogP contribution in [0.2, 0.25) is 0 Å². The lowest BCUT2D eigenvalue weighted by Crippen LogP contribution is -2.23. The Labute approximate surface area is 93.7 Å². The molecule has 1 heterocycles. The van der Waals surface area contributed by atoms with Crippen molar-refractivity contribution in [3.63, 3.8) is 0 Å². The SMILES string of the molecule is COc1ccc(NC[C@@H]2CNC(=O)O2)cc1. The molecule has 86 valence electrons. The average molecular weight is 222 g/mol. The van der Waals surface area contributed by atoms with Crippen molar-refractivity contribution < 1.29 is 14.3 Å². The molecule has 0 bridgehead atoms. The van der Waals surface area contributed by atoms with Gasteiger partial charge in [-0.05, 0) is 24.3 Å². The van der Waals surface area contributed by atoms with Crippen LogP contribution in [0.15, 0.2) is 24.3 Å². The number of methoxy groups -OCH3 is 1. The van der Waals surface area contributed by atoms with Crippen LogP contribution in [0.5, 0.6) is 5.75 Å². The van der Waals surface area contributed by atoms with Crippen molar-refractivity contribution in [1.29, 1.82) is 0 Å². The number of benzene rings is 1. The van der Waals surface area contributed by atoms with Crippen molar-refractivity contribution in [2.24, 2.45) is 0 Å². The first-order valence-electron chi connectivity index (χ1n) is 5.10. The Kier molecular flexibility index (Phi) is 3.14. The summed E-state index contributed by atoms with van der Waals surface area (Å²) in [7, 11) is 1.63. The van der Waals surface area contributed by atoms with Gasteiger partial charge in [0.05, 0.1) is 20.2 Å². The summed E-state index contributed by atoms with van der Waals surface area (Å²) in [5.41, 5.74) is 0.976. The Hall–Kier alpha value is -1.91. The minimum absolute atomic E-state index is 0.102. The van der Waals surface area contributed by atoms with E-state index < -0.39 is 0 Å². The van der Waals surface area contributed by atoms with E-state index in [-0.39, 0.29) is 12.2 Å². The standard InChI is InChI=1S/C11H14N2O3/c1-15-9-4-2-8(3-5-9)12-6-10-7-13-11(14)16-10/h2-5,10,12H,6-7H2,1H3,(H,13,14)/t10-/m1/s1. The quantitative estimate of drug-likeness (QED) is 0.804. The van der Waals surface area contributed by atoms with Crippen molar-refractivity contribution in [2.75, 3.05) is 25.5 Å². The lowest BCUT2D eigenvalue weighted by Gasteiger charge is -2.10. The molecule has 2 N–H and O–H groups in total. The Balaban J connectivity index is 1.82. The van der Waals surface area contributed by atoms with Crippen molar-refractivity contribution in [3.05, 3.63) is 24.3 Å². The molecule has 16 heavy (non-hydrogen) atoms. The number of hydrogen-bond donors (Lipinski definition) is 2. The first kappa shape index (κ1) is 10.6. The van der Waals surface area contributed by atoms with E-state index in [4.69, 9.17) is 9.47 Å². The van der Waals surface area contributed by atoms with Gasteiger partial charge in [0.2, 0.25) is 0 Å². The molecule has 0 radical (unpaired) electrons. The summed E-state index contributed by atoms with van der Waals surface area (Å²) in [5, 5.41) is 5.79. The number of carbonyl (C=O) groups excluding carboxylic acids is 1. The van der Waals surface area contributed by atoms with E-state index in [1.54, 1.807) is 7.11 Å². The van der Waals surface area contributed by atoms with Crippen LogP contribution in [0, 0.1) is 0 Å². The van der Waals surface area contributed by atoms with Gasteiger partial charge in [-0.1, -0.05) is 0 Å². The molecule has 5 heteroatoms. The van der Waals surface area contributed by atoms with Crippen LogP contribution in [0.1, 0.15) is 0 Å². The van der Waals surface area contributed by atoms with E-state index >= 15 is 0 Å². The van der Waals surface area contributed by atoms with Gasteiger partial charge in [-0.15, -0.1) is 0 Å². The molecule has 0 saturated carbocycles. The van der Waals surface area contributed by atoms with E-state index in [0.717, 1.165) is 11.4 Å². The number of nitrogens with one attached hydrogen (secondary N) is 2. The number of carbonyl (C=O) groups is 1. The highest BCUT2D eigenvalue weighted by atomic mass is 16.6. The summed E-state index contributed by atoms with van der Waals surface area (Å²) in [5.74, 6) is 0.819. The minimum atomic E-state index is -0.346. The molecular weight excluding hydrogens is 208 g/mol. The molecule has 1 amide bonds. The van der Waals surface area contributed by atoms with Gasteiger partial charge in [0.15, 0.2) is 0 Å². The number of ether oxygens (including phenoxy) is 2. The second kappa shape index (κ2) is 4.74. The first-order valence-corrected chi connectivity index (χ1v) is 5.10. The van der Waals surface area contributed by atoms with Gasteiger partial charge >= 0.3 is 6.09 Å². The van der Waals surface area contributed by atoms with Gasteiger partial charge in [-0.2, -0.15) is 0 Å². The molecule has 1 fully saturated rings. The van der Waals surface area contributed by atoms with Crippen molar-refractivity contribution in [3.8, 4) is 5.75 Å². The van der Waals surface area contributed by atoms with Crippen LogP contribution in [0.4, 0.5) is 10.5 Å². The van der Waals surface area contributed by atoms with E-state index in [9.17, 15) is 4.79 Å². The Morgan fingerprint density at radius 1 is 1.50 bits per heavy atom. The van der Waals surface area contributed by atoms with Gasteiger partial charge in [0.25, 0.3) is 0 Å². The summed E-state index contributed by atoms with van der Waals surface area (Å²) in [6.07, 6.45) is -0.448. The maximum atomic E-state index is 10.8. The van der Waals surface area contributed by atoms with Crippen LogP contribution in [0.3, 0.4) is 0 Å². The van der Waals surface area contributed by atoms with E-state index in [1.807, 2.05) is 24.3 Å². The third-order valence-corrected chi connectivity index (χ3v) is 2.37. The van der Waals surface area contributed by atoms with Gasteiger partial charge in [-0.3, -0.25) is 0 Å². The van der Waals surface area contributed by atoms with E-state index in [0.29, 0.717) is 13.1 Å². The zero-order valence-electron chi connectivity index (χ0n) is 9.03. The second-order valence-electron chi connectivity index (χ2n) is 3.52. The zero-order valence-corrected chi connectivity index (χ0v) is 9.03. The largest absolute Gasteiger partial charge is 0.497 e. The molecule has 5 nitrogen and oxygen atoms in total. The molecule has 1 aromatic rings. The molecule has 1 atom stereocenters. The molecule has 1 saturated heterocycles. The van der Waals surface area contributed by atoms with Crippen LogP contribution in [-0.2, 0) is 4.74 Å². The molecule has 0 spiro atoms. The molecular formula is C11H14N2O3. The fourth-order valence-electron chi connectivity index (χ4n) is 1.49. The normalized spacial score (nSPS) is 18.8. The number of rotatable bonds is 4. The predicted molar refractivity (Wildman–Crippen MR) is 59.8 cm³/mol. The van der Waals surface area contributed by atoms with Gasteiger partial charge in [0.1, 0.15) is 11.9 Å². The maximum Gasteiger partial charge on any atom is 0.407 e. The van der Waals surface area contributed by atoms with Crippen LogP contribution in [-0.4, -0.2) is 32.4 Å². The Morgan fingerprint density at radius 2 is 2.25 bits per heavy atom. The lowest BCUT2D eigenvalue weighted by atomic mass is 10.3. The summed E-state index contributed by atoms with van der Waals surface area (Å²) >= 11 is 0. The second-order valence-corrected chi connectivity index (χ2v) is 3.52. The van der Waals surface area contributed by atoms with Gasteiger partial charge in [-0.25, -0.2) is 4.79 Å². The Bertz CT molecular complexity index is 364. The van der Waals surface area contributed by atoms with Gasteiger partial charge in [0, 0.05) is 5.69 Å². The number of amides is 1. The van der Waals surface area contributed by atoms with E-state index in [2.05, 4.69) is 10.6 Å². The molecule has 0 aliphatic carbocycles. The van der Waals surface area contributed by atoms with Crippen molar-refractivity contribution in [2.45, 2.75) is 6.10 Å². The average Bonchev–Trinajstić information content (AvgIpc) is 2.73. The summed E-state index contributed by atoms with van der Waals surface area (Å²) in [6, 6.07) is 7.59. The third kappa shape index (κ3) is 2.56. The van der Waals surface area contributed by atoms with Crippen molar-refractivity contribution in [1.82, 2.24) is 5.32 Å². The lowest BCUT2D eigenvalue weighted by molar-refractivity contribution is 0.145. The fourth-order valence-corrected chi connectivity index (χ4v) is 1.49. The molecule has 1 aliphatic rings. The highest BCUT2D eigenvalue weighted by Crippen LogP contribution is 2.15. The molecule has 1 aliphatic heterocycles. The highest BCUT2D eigenvalue weighted by Gasteiger charge is 2.21. The first-order chi connectivity index (χ1) is 7.78. The van der Waals surface area contributed by atoms with E-state index in [1.165, 1.54) is 0 Å². The molecule has 0 unspecified atom stereocenters. The molecule has 0 aromatic heterocycles. The number of alkyl carbamates (subject to hydrolysis) is 1. The zero-order chi connectivity index (χ0) is 11.4. The summed E-state index contributed by atoms with van der Waals surface area (Å²) < 4.78 is 10.0. The topological polar surface area (TPSA) is 59.6 Å². The predicted octanol–water partition coefficient (Wildman–Crippen LogP) is 1.22. The number of anilines is 1. The Morgan fingerprint density at radius 3 is 2.81 bits per heavy atom. The van der Waals surface area contributed by atoms with Crippen LogP contribution in [0.25, 0.3) is 0 Å². The third-order valence-electron chi connectivity index (χ3n) is 2.37. The van der Waals surface area contributed by atoms with Crippen LogP contribution >= 0.6 is 0 Å². The fraction of sp³-hybridized carbons (Fsp3) is 0.364. The van der Waals surface area contributed by atoms with Crippen molar-refractivity contribution >= 4 is 11.8 Å². The van der Waals surface area contributed by atoms with Gasteiger partial charge < -0.3 is 20.1 Å². The van der Waals surface area contributed by atoms with Crippen LogP contribution < -0.4 is 15.4 Å². The monoisotopic (exact) mass is 222 g/mol.